The van der Waals surface area contributed by atoms with Crippen molar-refractivity contribution in [3.8, 4) is 0 Å². The molecule has 0 aliphatic carbocycles. The van der Waals surface area contributed by atoms with Crippen molar-refractivity contribution in [3.63, 3.8) is 0 Å². The summed E-state index contributed by atoms with van der Waals surface area (Å²) in [5.74, 6) is 0.132. The summed E-state index contributed by atoms with van der Waals surface area (Å²) in [4.78, 5) is 15.3. The second-order valence-corrected chi connectivity index (χ2v) is 7.47. The second-order valence-electron chi connectivity index (χ2n) is 7.47. The van der Waals surface area contributed by atoms with Crippen molar-refractivity contribution in [2.24, 2.45) is 11.1 Å². The minimum atomic E-state index is -0.424. The standard InChI is InChI=1S/C20H31N3O2/c1-16(17-5-3-2-4-6-17)23-11-7-18(8-12-23)22-19(24)20(15-21)9-13-25-14-10-20/h2-6,16,18H,7-15,21H2,1H3,(H,22,24). The Bertz CT molecular complexity index is 549. The molecule has 1 aromatic carbocycles. The Kier molecular flexibility index (Phi) is 6.10. The van der Waals surface area contributed by atoms with E-state index >= 15 is 0 Å². The fourth-order valence-electron chi connectivity index (χ4n) is 4.00. The summed E-state index contributed by atoms with van der Waals surface area (Å²) in [5.41, 5.74) is 6.88. The molecule has 0 radical (unpaired) electrons. The number of piperidine rings is 1. The van der Waals surface area contributed by atoms with Gasteiger partial charge in [-0.25, -0.2) is 0 Å². The fourth-order valence-corrected chi connectivity index (χ4v) is 4.00. The predicted molar refractivity (Wildman–Crippen MR) is 99.1 cm³/mol. The summed E-state index contributed by atoms with van der Waals surface area (Å²) in [6.07, 6.45) is 3.47. The number of likely N-dealkylation sites (tertiary alicyclic amines) is 1. The van der Waals surface area contributed by atoms with Gasteiger partial charge in [0.2, 0.25) is 5.91 Å². The van der Waals surface area contributed by atoms with Crippen LogP contribution < -0.4 is 11.1 Å². The minimum absolute atomic E-state index is 0.132. The Labute approximate surface area is 150 Å². The summed E-state index contributed by atoms with van der Waals surface area (Å²) in [6, 6.07) is 11.3. The highest BCUT2D eigenvalue weighted by molar-refractivity contribution is 5.83. The van der Waals surface area contributed by atoms with E-state index in [4.69, 9.17) is 10.5 Å². The third-order valence-corrected chi connectivity index (χ3v) is 6.02. The third-order valence-electron chi connectivity index (χ3n) is 6.02. The molecule has 1 amide bonds. The highest BCUT2D eigenvalue weighted by atomic mass is 16.5. The molecule has 1 atom stereocenters. The van der Waals surface area contributed by atoms with Gasteiger partial charge in [-0.2, -0.15) is 0 Å². The Morgan fingerprint density at radius 2 is 1.92 bits per heavy atom. The van der Waals surface area contributed by atoms with Gasteiger partial charge in [-0.15, -0.1) is 0 Å². The van der Waals surface area contributed by atoms with E-state index in [1.807, 2.05) is 0 Å². The van der Waals surface area contributed by atoms with Crippen LogP contribution in [0, 0.1) is 5.41 Å². The first-order valence-electron chi connectivity index (χ1n) is 9.52. The first kappa shape index (κ1) is 18.4. The molecule has 5 heteroatoms. The van der Waals surface area contributed by atoms with Crippen molar-refractivity contribution in [2.75, 3.05) is 32.8 Å². The van der Waals surface area contributed by atoms with E-state index in [-0.39, 0.29) is 11.9 Å². The van der Waals surface area contributed by atoms with E-state index in [9.17, 15) is 4.79 Å². The number of rotatable bonds is 5. The molecule has 3 rings (SSSR count). The molecule has 0 bridgehead atoms. The largest absolute Gasteiger partial charge is 0.381 e. The van der Waals surface area contributed by atoms with Gasteiger partial charge in [0.25, 0.3) is 0 Å². The first-order valence-corrected chi connectivity index (χ1v) is 9.52. The average molecular weight is 345 g/mol. The topological polar surface area (TPSA) is 67.6 Å². The van der Waals surface area contributed by atoms with Crippen LogP contribution >= 0.6 is 0 Å². The zero-order chi connectivity index (χ0) is 17.7. The lowest BCUT2D eigenvalue weighted by Gasteiger charge is -2.39. The molecule has 2 aliphatic rings. The lowest BCUT2D eigenvalue weighted by Crippen LogP contribution is -2.53. The summed E-state index contributed by atoms with van der Waals surface area (Å²) in [7, 11) is 0. The first-order chi connectivity index (χ1) is 12.1. The van der Waals surface area contributed by atoms with Crippen LogP contribution in [0.5, 0.6) is 0 Å². The van der Waals surface area contributed by atoms with Crippen LogP contribution in [-0.2, 0) is 9.53 Å². The van der Waals surface area contributed by atoms with Gasteiger partial charge >= 0.3 is 0 Å². The molecule has 2 fully saturated rings. The van der Waals surface area contributed by atoms with Crippen LogP contribution in [0.3, 0.4) is 0 Å². The Morgan fingerprint density at radius 1 is 1.28 bits per heavy atom. The van der Waals surface area contributed by atoms with Crippen molar-refractivity contribution < 1.29 is 9.53 Å². The highest BCUT2D eigenvalue weighted by Gasteiger charge is 2.39. The lowest BCUT2D eigenvalue weighted by molar-refractivity contribution is -0.137. The maximum Gasteiger partial charge on any atom is 0.227 e. The van der Waals surface area contributed by atoms with E-state index in [1.54, 1.807) is 0 Å². The van der Waals surface area contributed by atoms with Crippen LogP contribution in [0.25, 0.3) is 0 Å². The SMILES string of the molecule is CC(c1ccccc1)N1CCC(NC(=O)C2(CN)CCOCC2)CC1. The molecule has 2 heterocycles. The summed E-state index contributed by atoms with van der Waals surface area (Å²) < 4.78 is 5.41. The Morgan fingerprint density at radius 3 is 2.52 bits per heavy atom. The van der Waals surface area contributed by atoms with Crippen molar-refractivity contribution >= 4 is 5.91 Å². The summed E-state index contributed by atoms with van der Waals surface area (Å²) in [6.45, 7) is 5.97. The van der Waals surface area contributed by atoms with Gasteiger partial charge < -0.3 is 15.8 Å². The van der Waals surface area contributed by atoms with Crippen LogP contribution in [0.1, 0.15) is 44.2 Å². The number of hydrogen-bond donors (Lipinski definition) is 2. The summed E-state index contributed by atoms with van der Waals surface area (Å²) >= 11 is 0. The van der Waals surface area contributed by atoms with E-state index in [1.165, 1.54) is 5.56 Å². The van der Waals surface area contributed by atoms with E-state index in [0.717, 1.165) is 38.8 Å². The second kappa shape index (κ2) is 8.30. The molecular weight excluding hydrogens is 314 g/mol. The number of amides is 1. The number of nitrogens with zero attached hydrogens (tertiary/aromatic N) is 1. The average Bonchev–Trinajstić information content (AvgIpc) is 2.69. The molecule has 0 aromatic heterocycles. The van der Waals surface area contributed by atoms with Crippen molar-refractivity contribution in [2.45, 2.75) is 44.7 Å². The highest BCUT2D eigenvalue weighted by Crippen LogP contribution is 2.30. The van der Waals surface area contributed by atoms with Crippen LogP contribution in [0.15, 0.2) is 30.3 Å². The fraction of sp³-hybridized carbons (Fsp3) is 0.650. The zero-order valence-corrected chi connectivity index (χ0v) is 15.2. The van der Waals surface area contributed by atoms with E-state index in [2.05, 4.69) is 47.5 Å². The third kappa shape index (κ3) is 4.22. The van der Waals surface area contributed by atoms with Crippen LogP contribution in [-0.4, -0.2) is 49.7 Å². The van der Waals surface area contributed by atoms with Crippen molar-refractivity contribution in [3.05, 3.63) is 35.9 Å². The number of carbonyl (C=O) groups is 1. The molecule has 3 N–H and O–H groups in total. The summed E-state index contributed by atoms with van der Waals surface area (Å²) in [5, 5.41) is 3.28. The molecule has 25 heavy (non-hydrogen) atoms. The Hall–Kier alpha value is -1.43. The molecule has 0 spiro atoms. The number of nitrogens with one attached hydrogen (secondary N) is 1. The maximum absolute atomic E-state index is 12.8. The van der Waals surface area contributed by atoms with Crippen LogP contribution in [0.4, 0.5) is 0 Å². The number of benzene rings is 1. The molecule has 2 aliphatic heterocycles. The van der Waals surface area contributed by atoms with Gasteiger partial charge in [0.15, 0.2) is 0 Å². The quantitative estimate of drug-likeness (QED) is 0.857. The molecule has 138 valence electrons. The zero-order valence-electron chi connectivity index (χ0n) is 15.2. The molecule has 1 aromatic rings. The molecule has 2 saturated heterocycles. The lowest BCUT2D eigenvalue weighted by atomic mass is 9.79. The number of ether oxygens (including phenoxy) is 1. The van der Waals surface area contributed by atoms with Crippen LogP contribution in [0.2, 0.25) is 0 Å². The normalized spacial score (nSPS) is 23.1. The molecule has 0 saturated carbocycles. The molecule has 1 unspecified atom stereocenters. The molecule has 5 nitrogen and oxygen atoms in total. The van der Waals surface area contributed by atoms with Gasteiger partial charge in [-0.1, -0.05) is 30.3 Å². The number of carbonyl (C=O) groups excluding carboxylic acids is 1. The number of nitrogens with two attached hydrogens (primary N) is 1. The Balaban J connectivity index is 1.51. The van der Waals surface area contributed by atoms with Gasteiger partial charge in [0.05, 0.1) is 5.41 Å². The predicted octanol–water partition coefficient (Wildman–Crippen LogP) is 2.08. The smallest absolute Gasteiger partial charge is 0.227 e. The number of hydrogen-bond acceptors (Lipinski definition) is 4. The van der Waals surface area contributed by atoms with Crippen molar-refractivity contribution in [1.82, 2.24) is 10.2 Å². The van der Waals surface area contributed by atoms with Gasteiger partial charge in [-0.3, -0.25) is 9.69 Å². The monoisotopic (exact) mass is 345 g/mol. The minimum Gasteiger partial charge on any atom is -0.381 e. The van der Waals surface area contributed by atoms with E-state index in [0.29, 0.717) is 25.8 Å². The van der Waals surface area contributed by atoms with Gasteiger partial charge in [0.1, 0.15) is 0 Å². The van der Waals surface area contributed by atoms with Gasteiger partial charge in [0, 0.05) is 44.9 Å². The van der Waals surface area contributed by atoms with Crippen molar-refractivity contribution in [1.29, 1.82) is 0 Å². The maximum atomic E-state index is 12.8. The van der Waals surface area contributed by atoms with Gasteiger partial charge in [-0.05, 0) is 38.2 Å². The van der Waals surface area contributed by atoms with E-state index < -0.39 is 5.41 Å². The molecular formula is C20H31N3O2.